The Morgan fingerprint density at radius 2 is 0.977 bits per heavy atom. The van der Waals surface area contributed by atoms with Gasteiger partial charge in [-0.15, -0.1) is 0 Å². The van der Waals surface area contributed by atoms with E-state index >= 15 is 0 Å². The van der Waals surface area contributed by atoms with Gasteiger partial charge in [0.2, 0.25) is 0 Å². The van der Waals surface area contributed by atoms with E-state index in [-0.39, 0.29) is 0 Å². The zero-order valence-corrected chi connectivity index (χ0v) is 24.3. The van der Waals surface area contributed by atoms with Crippen molar-refractivity contribution in [2.45, 2.75) is 12.3 Å². The smallest absolute Gasteiger partial charge is 0.0734 e. The first-order chi connectivity index (χ1) is 21.2. The molecule has 1 nitrogen and oxygen atoms in total. The molecule has 0 fully saturated rings. The van der Waals surface area contributed by atoms with Crippen LogP contribution in [0.1, 0.15) is 33.4 Å². The Kier molecular flexibility index (Phi) is 6.85. The van der Waals surface area contributed by atoms with Crippen LogP contribution in [0.15, 0.2) is 182 Å². The van der Waals surface area contributed by atoms with Crippen LogP contribution in [0.3, 0.4) is 0 Å². The second-order valence-corrected chi connectivity index (χ2v) is 11.0. The molecule has 1 aliphatic rings. The maximum absolute atomic E-state index is 4.50. The highest BCUT2D eigenvalue weighted by atomic mass is 15.1. The lowest BCUT2D eigenvalue weighted by Crippen LogP contribution is -2.31. The fourth-order valence-corrected chi connectivity index (χ4v) is 6.92. The van der Waals surface area contributed by atoms with Crippen LogP contribution < -0.4 is 4.90 Å². The number of aryl methyl sites for hydroxylation is 1. The third-order valence-corrected chi connectivity index (χ3v) is 8.66. The number of hydrogen-bond donors (Lipinski definition) is 0. The highest BCUT2D eigenvalue weighted by molar-refractivity contribution is 5.99. The molecule has 0 heterocycles. The molecule has 0 spiro atoms. The van der Waals surface area contributed by atoms with Gasteiger partial charge in [-0.25, -0.2) is 0 Å². The topological polar surface area (TPSA) is 3.24 Å². The van der Waals surface area contributed by atoms with Crippen LogP contribution in [0.5, 0.6) is 0 Å². The number of anilines is 3. The van der Waals surface area contributed by atoms with Crippen LogP contribution in [0.4, 0.5) is 17.1 Å². The number of fused-ring (bicyclic) bond motifs is 1. The van der Waals surface area contributed by atoms with Gasteiger partial charge in [-0.3, -0.25) is 0 Å². The van der Waals surface area contributed by atoms with E-state index in [2.05, 4.69) is 188 Å². The summed E-state index contributed by atoms with van der Waals surface area (Å²) in [7, 11) is 0. The molecule has 7 rings (SSSR count). The molecule has 0 saturated carbocycles. The minimum absolute atomic E-state index is 0.602. The van der Waals surface area contributed by atoms with Gasteiger partial charge in [-0.1, -0.05) is 146 Å². The Morgan fingerprint density at radius 1 is 0.512 bits per heavy atom. The summed E-state index contributed by atoms with van der Waals surface area (Å²) in [5.41, 5.74) is 12.6. The summed E-state index contributed by atoms with van der Waals surface area (Å²) in [4.78, 5) is 2.40. The van der Waals surface area contributed by atoms with Gasteiger partial charge in [-0.05, 0) is 76.2 Å². The highest BCUT2D eigenvalue weighted by Gasteiger charge is 2.49. The van der Waals surface area contributed by atoms with Crippen molar-refractivity contribution < 1.29 is 0 Å². The molecule has 0 atom stereocenters. The van der Waals surface area contributed by atoms with Crippen LogP contribution in [-0.2, 0) is 5.41 Å². The summed E-state index contributed by atoms with van der Waals surface area (Å²) in [5.74, 6) is 0. The lowest BCUT2D eigenvalue weighted by atomic mass is 9.66. The number of rotatable bonds is 7. The van der Waals surface area contributed by atoms with Gasteiger partial charge < -0.3 is 4.90 Å². The summed E-state index contributed by atoms with van der Waals surface area (Å²) < 4.78 is 0. The van der Waals surface area contributed by atoms with E-state index in [4.69, 9.17) is 0 Å². The van der Waals surface area contributed by atoms with Crippen LogP contribution in [0, 0.1) is 6.92 Å². The van der Waals surface area contributed by atoms with E-state index in [1.165, 1.54) is 44.5 Å². The Morgan fingerprint density at radius 3 is 1.49 bits per heavy atom. The molecule has 6 aromatic carbocycles. The predicted molar refractivity (Wildman–Crippen MR) is 181 cm³/mol. The van der Waals surface area contributed by atoms with E-state index in [1.807, 2.05) is 0 Å². The average molecular weight is 552 g/mol. The van der Waals surface area contributed by atoms with Gasteiger partial charge in [0, 0.05) is 16.9 Å². The largest absolute Gasteiger partial charge is 0.310 e. The van der Waals surface area contributed by atoms with Crippen molar-refractivity contribution >= 4 is 22.6 Å². The van der Waals surface area contributed by atoms with Crippen molar-refractivity contribution in [1.82, 2.24) is 0 Å². The zero-order chi connectivity index (χ0) is 29.2. The van der Waals surface area contributed by atoms with Gasteiger partial charge in [0.05, 0.1) is 11.1 Å². The minimum atomic E-state index is -0.602. The van der Waals surface area contributed by atoms with E-state index in [0.717, 1.165) is 17.1 Å². The van der Waals surface area contributed by atoms with Crippen molar-refractivity contribution in [3.05, 3.63) is 215 Å². The number of allylic oxidation sites excluding steroid dienone is 2. The van der Waals surface area contributed by atoms with Crippen molar-refractivity contribution in [2.24, 2.45) is 0 Å². The summed E-state index contributed by atoms with van der Waals surface area (Å²) in [6.07, 6.45) is 2.10. The summed E-state index contributed by atoms with van der Waals surface area (Å²) in [6.45, 7) is 6.70. The molecule has 1 heteroatoms. The number of para-hydroxylation sites is 2. The maximum Gasteiger partial charge on any atom is 0.0734 e. The summed E-state index contributed by atoms with van der Waals surface area (Å²) in [5, 5.41) is 0. The molecule has 0 bridgehead atoms. The second kappa shape index (κ2) is 11.1. The highest BCUT2D eigenvalue weighted by Crippen LogP contribution is 2.60. The van der Waals surface area contributed by atoms with E-state index in [9.17, 15) is 0 Å². The van der Waals surface area contributed by atoms with Gasteiger partial charge in [-0.2, -0.15) is 0 Å². The van der Waals surface area contributed by atoms with Crippen molar-refractivity contribution in [3.8, 4) is 0 Å². The molecule has 0 aliphatic heterocycles. The Hall–Kier alpha value is -5.40. The van der Waals surface area contributed by atoms with Crippen LogP contribution in [-0.4, -0.2) is 0 Å². The molecule has 6 aromatic rings. The van der Waals surface area contributed by atoms with E-state index < -0.39 is 5.41 Å². The van der Waals surface area contributed by atoms with Gasteiger partial charge in [0.25, 0.3) is 0 Å². The molecule has 0 radical (unpaired) electrons. The zero-order valence-electron chi connectivity index (χ0n) is 24.3. The standard InChI is InChI=1S/C42H33N/c1-3-38-40(36-28-17-16-19-31(36)2)37-29-18-30-39(43(34-24-12-6-13-25-34)35-26-14-7-15-27-35)41(37)42(38,32-20-8-4-9-21-32)33-22-10-5-11-23-33/h3-30H,1H2,2H3. The Labute approximate surface area is 254 Å². The normalized spacial score (nSPS) is 13.4. The quantitative estimate of drug-likeness (QED) is 0.191. The molecular formula is C42H33N. The molecule has 43 heavy (non-hydrogen) atoms. The summed E-state index contributed by atoms with van der Waals surface area (Å²) in [6, 6.07) is 58.8. The first kappa shape index (κ1) is 26.5. The van der Waals surface area contributed by atoms with E-state index in [0.29, 0.717) is 0 Å². The summed E-state index contributed by atoms with van der Waals surface area (Å²) >= 11 is 0. The van der Waals surface area contributed by atoms with Crippen LogP contribution >= 0.6 is 0 Å². The second-order valence-electron chi connectivity index (χ2n) is 11.0. The lowest BCUT2D eigenvalue weighted by molar-refractivity contribution is 0.761. The molecule has 0 N–H and O–H groups in total. The maximum atomic E-state index is 4.50. The molecule has 1 aliphatic carbocycles. The fourth-order valence-electron chi connectivity index (χ4n) is 6.92. The fraction of sp³-hybridized carbons (Fsp3) is 0.0476. The molecular weight excluding hydrogens is 518 g/mol. The third kappa shape index (κ3) is 4.24. The monoisotopic (exact) mass is 551 g/mol. The van der Waals surface area contributed by atoms with Gasteiger partial charge in [0.15, 0.2) is 0 Å². The van der Waals surface area contributed by atoms with Crippen LogP contribution in [0.25, 0.3) is 5.57 Å². The number of nitrogens with zero attached hydrogens (tertiary/aromatic N) is 1. The average Bonchev–Trinajstić information content (AvgIpc) is 3.38. The van der Waals surface area contributed by atoms with E-state index in [1.54, 1.807) is 0 Å². The molecule has 0 amide bonds. The molecule has 206 valence electrons. The van der Waals surface area contributed by atoms with Crippen LogP contribution in [0.2, 0.25) is 0 Å². The number of benzene rings is 6. The Balaban J connectivity index is 1.68. The third-order valence-electron chi connectivity index (χ3n) is 8.66. The molecule has 0 saturated heterocycles. The van der Waals surface area contributed by atoms with Crippen molar-refractivity contribution in [2.75, 3.05) is 4.90 Å². The van der Waals surface area contributed by atoms with Crippen molar-refractivity contribution in [1.29, 1.82) is 0 Å². The predicted octanol–water partition coefficient (Wildman–Crippen LogP) is 10.8. The lowest BCUT2D eigenvalue weighted by Gasteiger charge is -2.38. The van der Waals surface area contributed by atoms with Gasteiger partial charge >= 0.3 is 0 Å². The molecule has 0 aromatic heterocycles. The van der Waals surface area contributed by atoms with Crippen molar-refractivity contribution in [3.63, 3.8) is 0 Å². The molecule has 0 unspecified atom stereocenters. The first-order valence-corrected chi connectivity index (χ1v) is 14.8. The minimum Gasteiger partial charge on any atom is -0.310 e. The Bertz CT molecular complexity index is 1840. The number of hydrogen-bond acceptors (Lipinski definition) is 1. The SMILES string of the molecule is C=CC1=C(c2ccccc2C)c2cccc(N(c3ccccc3)c3ccccc3)c2C1(c1ccccc1)c1ccccc1. The van der Waals surface area contributed by atoms with Gasteiger partial charge in [0.1, 0.15) is 0 Å². The first-order valence-electron chi connectivity index (χ1n) is 14.8.